The van der Waals surface area contributed by atoms with Crippen LogP contribution in [0.5, 0.6) is 0 Å². The third-order valence-corrected chi connectivity index (χ3v) is 7.14. The van der Waals surface area contributed by atoms with Crippen molar-refractivity contribution in [3.05, 3.63) is 67.6 Å². The molecule has 0 radical (unpaired) electrons. The highest BCUT2D eigenvalue weighted by molar-refractivity contribution is 9.10. The molecule has 0 aliphatic heterocycles. The van der Waals surface area contributed by atoms with Crippen molar-refractivity contribution >= 4 is 61.2 Å². The van der Waals surface area contributed by atoms with Gasteiger partial charge in [-0.3, -0.25) is 0 Å². The lowest BCUT2D eigenvalue weighted by Gasteiger charge is -2.11. The summed E-state index contributed by atoms with van der Waals surface area (Å²) in [7, 11) is -3.80. The summed E-state index contributed by atoms with van der Waals surface area (Å²) in [6.45, 7) is 3.42. The van der Waals surface area contributed by atoms with Gasteiger partial charge in [-0.15, -0.1) is 0 Å². The SMILES string of the molecule is CCOC(=O)/C(=C/c1ccc(Cl)c(Br)c1Cl)CNS(=O)(=O)c1ccc(C)cc1. The van der Waals surface area contributed by atoms with E-state index in [9.17, 15) is 13.2 Å². The second-order valence-electron chi connectivity index (χ2n) is 5.79. The van der Waals surface area contributed by atoms with Gasteiger partial charge >= 0.3 is 5.97 Å². The first-order valence-corrected chi connectivity index (χ1v) is 11.3. The number of ether oxygens (including phenoxy) is 1. The van der Waals surface area contributed by atoms with Crippen molar-refractivity contribution in [1.82, 2.24) is 4.72 Å². The molecule has 0 aromatic heterocycles. The topological polar surface area (TPSA) is 72.5 Å². The highest BCUT2D eigenvalue weighted by Crippen LogP contribution is 2.34. The molecule has 5 nitrogen and oxygen atoms in total. The predicted octanol–water partition coefficient (Wildman–Crippen LogP) is 4.99. The number of sulfonamides is 1. The molecule has 0 aliphatic carbocycles. The summed E-state index contributed by atoms with van der Waals surface area (Å²) < 4.78 is 32.9. The van der Waals surface area contributed by atoms with Crippen LogP contribution in [0, 0.1) is 6.92 Å². The van der Waals surface area contributed by atoms with Crippen LogP contribution in [0.4, 0.5) is 0 Å². The molecule has 0 aliphatic rings. The molecule has 0 saturated carbocycles. The fourth-order valence-electron chi connectivity index (χ4n) is 2.22. The fourth-order valence-corrected chi connectivity index (χ4v) is 4.01. The number of halogens is 3. The Balaban J connectivity index is 2.33. The molecule has 150 valence electrons. The van der Waals surface area contributed by atoms with Crippen LogP contribution in [0.3, 0.4) is 0 Å². The summed E-state index contributed by atoms with van der Waals surface area (Å²) in [5.74, 6) is -0.642. The van der Waals surface area contributed by atoms with Gasteiger partial charge in [0.2, 0.25) is 10.0 Å². The minimum atomic E-state index is -3.80. The van der Waals surface area contributed by atoms with Gasteiger partial charge in [0.1, 0.15) is 0 Å². The van der Waals surface area contributed by atoms with Crippen LogP contribution in [0.1, 0.15) is 18.1 Å². The maximum Gasteiger partial charge on any atom is 0.335 e. The van der Waals surface area contributed by atoms with Crippen molar-refractivity contribution in [2.75, 3.05) is 13.2 Å². The number of esters is 1. The summed E-state index contributed by atoms with van der Waals surface area (Å²) in [6, 6.07) is 9.63. The Bertz CT molecular complexity index is 1010. The first-order valence-electron chi connectivity index (χ1n) is 8.23. The predicted molar refractivity (Wildman–Crippen MR) is 115 cm³/mol. The maximum atomic E-state index is 12.5. The van der Waals surface area contributed by atoms with E-state index in [1.165, 1.54) is 18.2 Å². The van der Waals surface area contributed by atoms with E-state index >= 15 is 0 Å². The van der Waals surface area contributed by atoms with Crippen LogP contribution in [0.2, 0.25) is 10.0 Å². The van der Waals surface area contributed by atoms with Crippen molar-refractivity contribution in [2.45, 2.75) is 18.7 Å². The van der Waals surface area contributed by atoms with Crippen LogP contribution in [0.25, 0.3) is 6.08 Å². The Hall–Kier alpha value is -1.38. The molecule has 9 heteroatoms. The molecule has 0 spiro atoms. The van der Waals surface area contributed by atoms with E-state index in [4.69, 9.17) is 27.9 Å². The van der Waals surface area contributed by atoms with Gasteiger partial charge in [0.15, 0.2) is 0 Å². The third kappa shape index (κ3) is 5.81. The van der Waals surface area contributed by atoms with Gasteiger partial charge in [-0.05, 0) is 59.6 Å². The second-order valence-corrected chi connectivity index (χ2v) is 9.14. The van der Waals surface area contributed by atoms with Gasteiger partial charge < -0.3 is 4.74 Å². The lowest BCUT2D eigenvalue weighted by molar-refractivity contribution is -0.138. The van der Waals surface area contributed by atoms with Gasteiger partial charge in [0.05, 0.1) is 31.6 Å². The zero-order chi connectivity index (χ0) is 20.9. The minimum absolute atomic E-state index is 0.105. The third-order valence-electron chi connectivity index (χ3n) is 3.72. The molecule has 0 atom stereocenters. The van der Waals surface area contributed by atoms with E-state index in [-0.39, 0.29) is 23.6 Å². The van der Waals surface area contributed by atoms with E-state index in [0.29, 0.717) is 20.1 Å². The van der Waals surface area contributed by atoms with Crippen LogP contribution in [-0.4, -0.2) is 27.5 Å². The molecular weight excluding hydrogens is 489 g/mol. The van der Waals surface area contributed by atoms with E-state index < -0.39 is 16.0 Å². The minimum Gasteiger partial charge on any atom is -0.463 e. The largest absolute Gasteiger partial charge is 0.463 e. The van der Waals surface area contributed by atoms with E-state index in [1.54, 1.807) is 31.2 Å². The molecule has 2 aromatic carbocycles. The molecule has 0 bridgehead atoms. The van der Waals surface area contributed by atoms with Crippen molar-refractivity contribution < 1.29 is 17.9 Å². The smallest absolute Gasteiger partial charge is 0.335 e. The number of aryl methyl sites for hydroxylation is 1. The number of rotatable bonds is 7. The van der Waals surface area contributed by atoms with Crippen LogP contribution >= 0.6 is 39.1 Å². The molecule has 0 fully saturated rings. The molecular formula is C19H18BrCl2NO4S. The second kappa shape index (κ2) is 9.89. The summed E-state index contributed by atoms with van der Waals surface area (Å²) >= 11 is 15.5. The molecule has 0 heterocycles. The Morgan fingerprint density at radius 2 is 1.82 bits per heavy atom. The van der Waals surface area contributed by atoms with Gasteiger partial charge in [0, 0.05) is 6.54 Å². The molecule has 2 rings (SSSR count). The summed E-state index contributed by atoms with van der Waals surface area (Å²) in [5, 5.41) is 0.718. The summed E-state index contributed by atoms with van der Waals surface area (Å²) in [5.41, 5.74) is 1.54. The Kier molecular flexibility index (Phi) is 8.09. The normalized spacial score (nSPS) is 12.1. The van der Waals surface area contributed by atoms with Gasteiger partial charge in [-0.2, -0.15) is 0 Å². The summed E-state index contributed by atoms with van der Waals surface area (Å²) in [4.78, 5) is 12.4. The number of benzene rings is 2. The zero-order valence-corrected chi connectivity index (χ0v) is 19.0. The number of carbonyl (C=O) groups is 1. The Morgan fingerprint density at radius 3 is 2.43 bits per heavy atom. The van der Waals surface area contributed by atoms with Crippen molar-refractivity contribution in [1.29, 1.82) is 0 Å². The highest BCUT2D eigenvalue weighted by atomic mass is 79.9. The van der Waals surface area contributed by atoms with E-state index in [2.05, 4.69) is 20.7 Å². The maximum absolute atomic E-state index is 12.5. The highest BCUT2D eigenvalue weighted by Gasteiger charge is 2.19. The van der Waals surface area contributed by atoms with Crippen molar-refractivity contribution in [2.24, 2.45) is 0 Å². The lowest BCUT2D eigenvalue weighted by Crippen LogP contribution is -2.28. The van der Waals surface area contributed by atoms with E-state index in [0.717, 1.165) is 5.56 Å². The zero-order valence-electron chi connectivity index (χ0n) is 15.1. The van der Waals surface area contributed by atoms with Crippen LogP contribution < -0.4 is 4.72 Å². The molecule has 28 heavy (non-hydrogen) atoms. The quantitative estimate of drug-likeness (QED) is 0.326. The molecule has 0 saturated heterocycles. The number of hydrogen-bond donors (Lipinski definition) is 1. The molecule has 1 N–H and O–H groups in total. The molecule has 2 aromatic rings. The van der Waals surface area contributed by atoms with Crippen LogP contribution in [-0.2, 0) is 19.6 Å². The average Bonchev–Trinajstić information content (AvgIpc) is 2.65. The van der Waals surface area contributed by atoms with E-state index in [1.807, 2.05) is 6.92 Å². The number of hydrogen-bond acceptors (Lipinski definition) is 4. The fraction of sp³-hybridized carbons (Fsp3) is 0.211. The standard InChI is InChI=1S/C19H18BrCl2NO4S/c1-3-27-19(24)14(10-13-6-9-16(21)17(20)18(13)22)11-23-28(25,26)15-7-4-12(2)5-8-15/h4-10,23H,3,11H2,1-2H3/b14-10+. The monoisotopic (exact) mass is 505 g/mol. The van der Waals surface area contributed by atoms with Gasteiger partial charge in [-0.1, -0.05) is 47.0 Å². The molecule has 0 unspecified atom stereocenters. The van der Waals surface area contributed by atoms with Crippen molar-refractivity contribution in [3.63, 3.8) is 0 Å². The lowest BCUT2D eigenvalue weighted by atomic mass is 10.1. The first-order chi connectivity index (χ1) is 13.2. The average molecular weight is 507 g/mol. The molecule has 0 amide bonds. The van der Waals surface area contributed by atoms with Crippen LogP contribution in [0.15, 0.2) is 51.3 Å². The Labute approximate surface area is 182 Å². The summed E-state index contributed by atoms with van der Waals surface area (Å²) in [6.07, 6.45) is 1.47. The van der Waals surface area contributed by atoms with Crippen molar-refractivity contribution in [3.8, 4) is 0 Å². The first kappa shape index (κ1) is 22.9. The number of carbonyl (C=O) groups excluding carboxylic acids is 1. The van der Waals surface area contributed by atoms with Gasteiger partial charge in [-0.25, -0.2) is 17.9 Å². The van der Waals surface area contributed by atoms with Gasteiger partial charge in [0.25, 0.3) is 0 Å². The Morgan fingerprint density at radius 1 is 1.18 bits per heavy atom. The number of nitrogens with one attached hydrogen (secondary N) is 1.